The first-order valence-corrected chi connectivity index (χ1v) is 6.39. The maximum atomic E-state index is 11.8. The molecule has 1 aromatic carbocycles. The van der Waals surface area contributed by atoms with Gasteiger partial charge in [-0.15, -0.1) is 0 Å². The molecule has 4 nitrogen and oxygen atoms in total. The molecule has 18 heavy (non-hydrogen) atoms. The van der Waals surface area contributed by atoms with Gasteiger partial charge >= 0.3 is 0 Å². The number of rotatable bonds is 3. The summed E-state index contributed by atoms with van der Waals surface area (Å²) in [6, 6.07) is 7.79. The lowest BCUT2D eigenvalue weighted by Crippen LogP contribution is -2.48. The first-order valence-electron chi connectivity index (χ1n) is 6.39. The highest BCUT2D eigenvalue weighted by atomic mass is 16.3. The van der Waals surface area contributed by atoms with Crippen molar-refractivity contribution in [2.75, 3.05) is 31.6 Å². The van der Waals surface area contributed by atoms with E-state index < -0.39 is 6.10 Å². The van der Waals surface area contributed by atoms with Crippen molar-refractivity contribution in [1.29, 1.82) is 0 Å². The maximum absolute atomic E-state index is 11.8. The zero-order valence-corrected chi connectivity index (χ0v) is 11.0. The molecule has 1 aliphatic rings. The van der Waals surface area contributed by atoms with Crippen LogP contribution in [0, 0.1) is 0 Å². The Hall–Kier alpha value is -1.55. The number of piperazine rings is 1. The van der Waals surface area contributed by atoms with Gasteiger partial charge in [-0.05, 0) is 12.5 Å². The van der Waals surface area contributed by atoms with Crippen LogP contribution >= 0.6 is 0 Å². The number of anilines is 1. The van der Waals surface area contributed by atoms with Gasteiger partial charge in [-0.1, -0.05) is 25.1 Å². The number of hydrogen-bond donors (Lipinski definition) is 1. The summed E-state index contributed by atoms with van der Waals surface area (Å²) in [7, 11) is 1.83. The molecule has 1 heterocycles. The Morgan fingerprint density at radius 2 is 2.06 bits per heavy atom. The Morgan fingerprint density at radius 3 is 2.72 bits per heavy atom. The highest BCUT2D eigenvalue weighted by molar-refractivity contribution is 5.83. The summed E-state index contributed by atoms with van der Waals surface area (Å²) in [5.41, 5.74) is 1.89. The van der Waals surface area contributed by atoms with Crippen molar-refractivity contribution in [2.24, 2.45) is 0 Å². The molecular weight excluding hydrogens is 228 g/mol. The van der Waals surface area contributed by atoms with Gasteiger partial charge in [-0.25, -0.2) is 0 Å². The molecule has 1 amide bonds. The van der Waals surface area contributed by atoms with Crippen LogP contribution in [0.2, 0.25) is 0 Å². The third-order valence-electron chi connectivity index (χ3n) is 3.48. The molecule has 0 saturated carbocycles. The van der Waals surface area contributed by atoms with Crippen LogP contribution in [0.5, 0.6) is 0 Å². The zero-order valence-electron chi connectivity index (χ0n) is 11.0. The van der Waals surface area contributed by atoms with E-state index in [1.54, 1.807) is 4.90 Å². The first kappa shape index (κ1) is 12.9. The van der Waals surface area contributed by atoms with Gasteiger partial charge < -0.3 is 14.9 Å². The topological polar surface area (TPSA) is 43.8 Å². The molecule has 0 spiro atoms. The monoisotopic (exact) mass is 248 g/mol. The van der Waals surface area contributed by atoms with E-state index in [4.69, 9.17) is 0 Å². The number of likely N-dealkylation sites (N-methyl/N-ethyl adjacent to an activating group) is 1. The summed E-state index contributed by atoms with van der Waals surface area (Å²) in [4.78, 5) is 15.5. The van der Waals surface area contributed by atoms with Crippen molar-refractivity contribution in [2.45, 2.75) is 19.4 Å². The first-order chi connectivity index (χ1) is 8.63. The van der Waals surface area contributed by atoms with E-state index in [1.165, 1.54) is 0 Å². The highest BCUT2D eigenvalue weighted by Crippen LogP contribution is 2.28. The average molecular weight is 248 g/mol. The smallest absolute Gasteiger partial charge is 0.241 e. The molecule has 98 valence electrons. The molecule has 1 saturated heterocycles. The van der Waals surface area contributed by atoms with Crippen LogP contribution in [-0.2, 0) is 4.79 Å². The van der Waals surface area contributed by atoms with Crippen LogP contribution in [0.4, 0.5) is 5.69 Å². The fourth-order valence-electron chi connectivity index (χ4n) is 2.24. The second-order valence-corrected chi connectivity index (χ2v) is 4.72. The zero-order chi connectivity index (χ0) is 13.1. The van der Waals surface area contributed by atoms with Crippen LogP contribution in [0.3, 0.4) is 0 Å². The van der Waals surface area contributed by atoms with E-state index in [-0.39, 0.29) is 5.91 Å². The number of carbonyl (C=O) groups is 1. The van der Waals surface area contributed by atoms with E-state index in [9.17, 15) is 9.90 Å². The van der Waals surface area contributed by atoms with Crippen molar-refractivity contribution in [3.05, 3.63) is 29.8 Å². The Kier molecular flexibility index (Phi) is 3.87. The van der Waals surface area contributed by atoms with Gasteiger partial charge in [-0.2, -0.15) is 0 Å². The number of benzene rings is 1. The summed E-state index contributed by atoms with van der Waals surface area (Å²) < 4.78 is 0. The van der Waals surface area contributed by atoms with Crippen LogP contribution in [-0.4, -0.2) is 42.6 Å². The minimum atomic E-state index is -0.462. The van der Waals surface area contributed by atoms with Crippen molar-refractivity contribution in [3.8, 4) is 0 Å². The molecule has 0 bridgehead atoms. The normalized spacial score (nSPS) is 18.1. The molecule has 1 fully saturated rings. The number of aliphatic hydroxyl groups excluding tert-OH is 1. The SMILES string of the molecule is CCC(O)c1ccccc1N1CCN(C)C(=O)C1. The quantitative estimate of drug-likeness (QED) is 0.879. The molecule has 1 N–H and O–H groups in total. The molecule has 0 radical (unpaired) electrons. The summed E-state index contributed by atoms with van der Waals surface area (Å²) in [6.45, 7) is 3.89. The summed E-state index contributed by atoms with van der Waals surface area (Å²) in [6.07, 6.45) is 0.217. The number of aliphatic hydroxyl groups is 1. The molecule has 4 heteroatoms. The molecule has 1 aliphatic heterocycles. The van der Waals surface area contributed by atoms with Crippen molar-refractivity contribution in [1.82, 2.24) is 4.90 Å². The molecule has 1 aromatic rings. The minimum Gasteiger partial charge on any atom is -0.388 e. The second kappa shape index (κ2) is 5.40. The molecule has 1 atom stereocenters. The number of carbonyl (C=O) groups excluding carboxylic acids is 1. The molecule has 2 rings (SSSR count). The van der Waals surface area contributed by atoms with Gasteiger partial charge in [0, 0.05) is 31.4 Å². The van der Waals surface area contributed by atoms with E-state index in [1.807, 2.05) is 38.2 Å². The van der Waals surface area contributed by atoms with Gasteiger partial charge in [0.2, 0.25) is 5.91 Å². The van der Waals surface area contributed by atoms with Gasteiger partial charge in [0.1, 0.15) is 0 Å². The summed E-state index contributed by atoms with van der Waals surface area (Å²) >= 11 is 0. The lowest BCUT2D eigenvalue weighted by Gasteiger charge is -2.35. The summed E-state index contributed by atoms with van der Waals surface area (Å²) in [5.74, 6) is 0.127. The predicted octanol–water partition coefficient (Wildman–Crippen LogP) is 1.41. The average Bonchev–Trinajstić information content (AvgIpc) is 2.41. The molecule has 0 aliphatic carbocycles. The maximum Gasteiger partial charge on any atom is 0.241 e. The van der Waals surface area contributed by atoms with E-state index in [0.29, 0.717) is 13.0 Å². The van der Waals surface area contributed by atoms with Crippen LogP contribution < -0.4 is 4.90 Å². The predicted molar refractivity (Wildman–Crippen MR) is 71.5 cm³/mol. The molecular formula is C14H20N2O2. The van der Waals surface area contributed by atoms with Gasteiger partial charge in [0.25, 0.3) is 0 Å². The summed E-state index contributed by atoms with van der Waals surface area (Å²) in [5, 5.41) is 10.0. The van der Waals surface area contributed by atoms with E-state index >= 15 is 0 Å². The standard InChI is InChI=1S/C14H20N2O2/c1-3-13(17)11-6-4-5-7-12(11)16-9-8-15(2)14(18)10-16/h4-7,13,17H,3,8-10H2,1-2H3. The van der Waals surface area contributed by atoms with Crippen molar-refractivity contribution in [3.63, 3.8) is 0 Å². The lowest BCUT2D eigenvalue weighted by atomic mass is 10.0. The third kappa shape index (κ3) is 2.48. The number of para-hydroxylation sites is 1. The number of hydrogen-bond acceptors (Lipinski definition) is 3. The van der Waals surface area contributed by atoms with Gasteiger partial charge in [0.15, 0.2) is 0 Å². The Balaban J connectivity index is 2.25. The van der Waals surface area contributed by atoms with Gasteiger partial charge in [-0.3, -0.25) is 4.79 Å². The Labute approximate surface area is 108 Å². The second-order valence-electron chi connectivity index (χ2n) is 4.72. The van der Waals surface area contributed by atoms with Crippen LogP contribution in [0.25, 0.3) is 0 Å². The fourth-order valence-corrected chi connectivity index (χ4v) is 2.24. The minimum absolute atomic E-state index is 0.127. The van der Waals surface area contributed by atoms with Crippen molar-refractivity contribution < 1.29 is 9.90 Å². The third-order valence-corrected chi connectivity index (χ3v) is 3.48. The molecule has 0 aromatic heterocycles. The number of nitrogens with zero attached hydrogens (tertiary/aromatic N) is 2. The van der Waals surface area contributed by atoms with Crippen LogP contribution in [0.15, 0.2) is 24.3 Å². The number of amides is 1. The van der Waals surface area contributed by atoms with Crippen molar-refractivity contribution >= 4 is 11.6 Å². The van der Waals surface area contributed by atoms with E-state index in [0.717, 1.165) is 24.3 Å². The Morgan fingerprint density at radius 1 is 1.33 bits per heavy atom. The fraction of sp³-hybridized carbons (Fsp3) is 0.500. The van der Waals surface area contributed by atoms with Crippen LogP contribution in [0.1, 0.15) is 25.0 Å². The lowest BCUT2D eigenvalue weighted by molar-refractivity contribution is -0.129. The molecule has 1 unspecified atom stereocenters. The largest absolute Gasteiger partial charge is 0.388 e. The highest BCUT2D eigenvalue weighted by Gasteiger charge is 2.23. The van der Waals surface area contributed by atoms with Gasteiger partial charge in [0.05, 0.1) is 12.6 Å². The van der Waals surface area contributed by atoms with E-state index in [2.05, 4.69) is 4.90 Å². The Bertz CT molecular complexity index is 434.